The number of hydrogen-bond donors (Lipinski definition) is 2. The molecule has 1 amide bonds. The Labute approximate surface area is 187 Å². The highest BCUT2D eigenvalue weighted by Crippen LogP contribution is 2.28. The van der Waals surface area contributed by atoms with Crippen LogP contribution in [-0.2, 0) is 14.8 Å². The Hall–Kier alpha value is -3.76. The van der Waals surface area contributed by atoms with Gasteiger partial charge in [0, 0.05) is 0 Å². The van der Waals surface area contributed by atoms with Crippen molar-refractivity contribution >= 4 is 54.3 Å². The summed E-state index contributed by atoms with van der Waals surface area (Å²) in [6.07, 6.45) is 0. The number of benzene rings is 3. The van der Waals surface area contributed by atoms with Crippen molar-refractivity contribution in [2.24, 2.45) is 0 Å². The Morgan fingerprint density at radius 1 is 0.969 bits per heavy atom. The van der Waals surface area contributed by atoms with Gasteiger partial charge in [-0.05, 0) is 42.5 Å². The van der Waals surface area contributed by atoms with E-state index in [-0.39, 0.29) is 16.1 Å². The number of nitrogens with zero attached hydrogens (tertiary/aromatic N) is 1. The number of esters is 1. The number of carbonyl (C=O) groups is 2. The molecule has 2 N–H and O–H groups in total. The van der Waals surface area contributed by atoms with Crippen LogP contribution in [-0.4, -0.2) is 32.4 Å². The van der Waals surface area contributed by atoms with Gasteiger partial charge in [0.15, 0.2) is 5.13 Å². The maximum atomic E-state index is 12.9. The number of rotatable bonds is 6. The first-order chi connectivity index (χ1) is 15.4. The van der Waals surface area contributed by atoms with Crippen LogP contribution in [0.2, 0.25) is 0 Å². The van der Waals surface area contributed by atoms with Gasteiger partial charge in [-0.1, -0.05) is 41.7 Å². The van der Waals surface area contributed by atoms with Gasteiger partial charge in [-0.2, -0.15) is 0 Å². The van der Waals surface area contributed by atoms with E-state index in [2.05, 4.69) is 15.0 Å². The molecule has 0 spiro atoms. The van der Waals surface area contributed by atoms with Crippen molar-refractivity contribution in [3.8, 4) is 0 Å². The zero-order chi connectivity index (χ0) is 22.7. The summed E-state index contributed by atoms with van der Waals surface area (Å²) >= 11 is 1.19. The van der Waals surface area contributed by atoms with E-state index in [4.69, 9.17) is 4.74 Å². The lowest BCUT2D eigenvalue weighted by molar-refractivity contribution is 0.0600. The Balaban J connectivity index is 1.59. The topological polar surface area (TPSA) is 114 Å². The number of sulfonamides is 1. The highest BCUT2D eigenvalue weighted by atomic mass is 32.2. The van der Waals surface area contributed by atoms with E-state index < -0.39 is 21.9 Å². The number of fused-ring (bicyclic) bond motifs is 1. The fourth-order valence-electron chi connectivity index (χ4n) is 2.96. The van der Waals surface area contributed by atoms with E-state index in [9.17, 15) is 18.0 Å². The van der Waals surface area contributed by atoms with E-state index in [0.29, 0.717) is 20.9 Å². The third-order valence-electron chi connectivity index (χ3n) is 4.50. The molecular formula is C22H17N3O5S2. The van der Waals surface area contributed by atoms with Crippen LogP contribution in [0.15, 0.2) is 77.7 Å². The quantitative estimate of drug-likeness (QED) is 0.412. The third-order valence-corrected chi connectivity index (χ3v) is 6.81. The molecule has 4 rings (SSSR count). The fourth-order valence-corrected chi connectivity index (χ4v) is 4.96. The van der Waals surface area contributed by atoms with E-state index in [0.717, 1.165) is 0 Å². The molecule has 32 heavy (non-hydrogen) atoms. The number of thiazole rings is 1. The van der Waals surface area contributed by atoms with Crippen LogP contribution in [0, 0.1) is 0 Å². The van der Waals surface area contributed by atoms with Crippen LogP contribution in [0.4, 0.5) is 10.8 Å². The number of carbonyl (C=O) groups excluding carboxylic acids is 2. The zero-order valence-corrected chi connectivity index (χ0v) is 18.4. The van der Waals surface area contributed by atoms with Crippen molar-refractivity contribution in [1.82, 2.24) is 4.98 Å². The minimum absolute atomic E-state index is 0.0859. The molecule has 0 aliphatic heterocycles. The molecule has 0 atom stereocenters. The number of hydrogen-bond acceptors (Lipinski definition) is 7. The molecule has 0 aliphatic carbocycles. The van der Waals surface area contributed by atoms with Crippen molar-refractivity contribution in [2.75, 3.05) is 17.1 Å². The summed E-state index contributed by atoms with van der Waals surface area (Å²) in [7, 11) is -2.57. The molecule has 0 radical (unpaired) electrons. The van der Waals surface area contributed by atoms with E-state index in [1.54, 1.807) is 48.5 Å². The summed E-state index contributed by atoms with van der Waals surface area (Å²) in [6, 6.07) is 19.1. The molecule has 0 saturated heterocycles. The van der Waals surface area contributed by atoms with Gasteiger partial charge >= 0.3 is 5.97 Å². The molecule has 162 valence electrons. The first-order valence-electron chi connectivity index (χ1n) is 9.34. The first-order valence-corrected chi connectivity index (χ1v) is 11.6. The number of aromatic nitrogens is 1. The van der Waals surface area contributed by atoms with Crippen LogP contribution < -0.4 is 10.0 Å². The number of methoxy groups -OCH3 is 1. The summed E-state index contributed by atoms with van der Waals surface area (Å²) in [5.41, 5.74) is 1.27. The van der Waals surface area contributed by atoms with Crippen molar-refractivity contribution < 1.29 is 22.7 Å². The average molecular weight is 468 g/mol. The Morgan fingerprint density at radius 3 is 2.44 bits per heavy atom. The van der Waals surface area contributed by atoms with Gasteiger partial charge in [0.1, 0.15) is 0 Å². The molecule has 10 heteroatoms. The Bertz CT molecular complexity index is 1420. The minimum atomic E-state index is -3.86. The summed E-state index contributed by atoms with van der Waals surface area (Å²) in [5, 5.41) is 3.01. The number of ether oxygens (including phenoxy) is 1. The lowest BCUT2D eigenvalue weighted by Gasteiger charge is -2.12. The second-order valence-electron chi connectivity index (χ2n) is 6.61. The highest BCUT2D eigenvalue weighted by Gasteiger charge is 2.19. The predicted octanol–water partition coefficient (Wildman–Crippen LogP) is 4.14. The summed E-state index contributed by atoms with van der Waals surface area (Å²) < 4.78 is 33.2. The standard InChI is InChI=1S/C22H17N3O5S2/c1-30-21(27)14-11-12-18-19(13-14)31-22(23-18)24-20(26)16-9-5-6-10-17(16)25-32(28,29)15-7-3-2-4-8-15/h2-13,25H,1H3,(H,23,24,26). The molecule has 1 heterocycles. The largest absolute Gasteiger partial charge is 0.465 e. The molecule has 0 fully saturated rings. The zero-order valence-electron chi connectivity index (χ0n) is 16.7. The number of anilines is 2. The molecule has 1 aromatic heterocycles. The van der Waals surface area contributed by atoms with Crippen LogP contribution in [0.1, 0.15) is 20.7 Å². The third kappa shape index (κ3) is 4.46. The van der Waals surface area contributed by atoms with Gasteiger partial charge in [-0.25, -0.2) is 18.2 Å². The van der Waals surface area contributed by atoms with Gasteiger partial charge in [0.2, 0.25) is 0 Å². The summed E-state index contributed by atoms with van der Waals surface area (Å²) in [4.78, 5) is 29.1. The number of nitrogens with one attached hydrogen (secondary N) is 2. The molecule has 0 bridgehead atoms. The monoisotopic (exact) mass is 467 g/mol. The van der Waals surface area contributed by atoms with Crippen LogP contribution in [0.25, 0.3) is 10.2 Å². The van der Waals surface area contributed by atoms with Gasteiger partial charge in [-0.3, -0.25) is 14.8 Å². The fraction of sp³-hybridized carbons (Fsp3) is 0.0455. The molecule has 0 unspecified atom stereocenters. The second kappa shape index (κ2) is 8.77. The molecule has 0 aliphatic rings. The summed E-state index contributed by atoms with van der Waals surface area (Å²) in [6.45, 7) is 0. The lowest BCUT2D eigenvalue weighted by Crippen LogP contribution is -2.18. The first kappa shape index (κ1) is 21.5. The SMILES string of the molecule is COC(=O)c1ccc2nc(NC(=O)c3ccccc3NS(=O)(=O)c3ccccc3)sc2c1. The lowest BCUT2D eigenvalue weighted by atomic mass is 10.2. The average Bonchev–Trinajstić information content (AvgIpc) is 3.20. The summed E-state index contributed by atoms with van der Waals surface area (Å²) in [5.74, 6) is -0.992. The minimum Gasteiger partial charge on any atom is -0.465 e. The maximum absolute atomic E-state index is 12.9. The van der Waals surface area contributed by atoms with Crippen molar-refractivity contribution in [1.29, 1.82) is 0 Å². The molecular weight excluding hydrogens is 450 g/mol. The maximum Gasteiger partial charge on any atom is 0.337 e. The molecule has 4 aromatic rings. The molecule has 3 aromatic carbocycles. The van der Waals surface area contributed by atoms with E-state index >= 15 is 0 Å². The Kier molecular flexibility index (Phi) is 5.89. The van der Waals surface area contributed by atoms with Crippen LogP contribution >= 0.6 is 11.3 Å². The van der Waals surface area contributed by atoms with E-state index in [1.165, 1.54) is 42.7 Å². The van der Waals surface area contributed by atoms with Crippen LogP contribution in [0.3, 0.4) is 0 Å². The smallest absolute Gasteiger partial charge is 0.337 e. The van der Waals surface area contributed by atoms with Gasteiger partial charge < -0.3 is 4.74 Å². The van der Waals surface area contributed by atoms with Crippen molar-refractivity contribution in [3.05, 3.63) is 83.9 Å². The van der Waals surface area contributed by atoms with Gasteiger partial charge in [0.25, 0.3) is 15.9 Å². The highest BCUT2D eigenvalue weighted by molar-refractivity contribution is 7.92. The van der Waals surface area contributed by atoms with Gasteiger partial charge in [0.05, 0.1) is 39.0 Å². The molecule has 0 saturated carbocycles. The molecule has 8 nitrogen and oxygen atoms in total. The van der Waals surface area contributed by atoms with Crippen molar-refractivity contribution in [3.63, 3.8) is 0 Å². The Morgan fingerprint density at radius 2 is 1.69 bits per heavy atom. The van der Waals surface area contributed by atoms with Crippen LogP contribution in [0.5, 0.6) is 0 Å². The number of para-hydroxylation sites is 1. The van der Waals surface area contributed by atoms with Crippen molar-refractivity contribution in [2.45, 2.75) is 4.90 Å². The predicted molar refractivity (Wildman–Crippen MR) is 123 cm³/mol. The van der Waals surface area contributed by atoms with E-state index in [1.807, 2.05) is 0 Å². The van der Waals surface area contributed by atoms with Gasteiger partial charge in [-0.15, -0.1) is 0 Å². The second-order valence-corrected chi connectivity index (χ2v) is 9.32. The number of amides is 1. The normalized spacial score (nSPS) is 11.2.